The summed E-state index contributed by atoms with van der Waals surface area (Å²) < 4.78 is 18.2. The number of carbonyl (C=O) groups is 1. The van der Waals surface area contributed by atoms with Gasteiger partial charge in [0.1, 0.15) is 5.82 Å². The molecule has 0 N–H and O–H groups in total. The van der Waals surface area contributed by atoms with Gasteiger partial charge in [0.2, 0.25) is 5.91 Å². The lowest BCUT2D eigenvalue weighted by Crippen LogP contribution is -2.46. The number of nitrogens with zero attached hydrogens (tertiary/aromatic N) is 2. The van der Waals surface area contributed by atoms with Crippen molar-refractivity contribution in [2.75, 3.05) is 45.9 Å². The van der Waals surface area contributed by atoms with E-state index in [-0.39, 0.29) is 11.7 Å². The normalized spacial score (nSPS) is 20.6. The van der Waals surface area contributed by atoms with Gasteiger partial charge in [-0.05, 0) is 43.6 Å². The molecule has 0 radical (unpaired) electrons. The number of hydrogen-bond donors (Lipinski definition) is 0. The summed E-state index contributed by atoms with van der Waals surface area (Å²) in [6.07, 6.45) is 5.99. The van der Waals surface area contributed by atoms with E-state index in [1.807, 2.05) is 11.0 Å². The SMILES string of the molecule is O=C(C1CCN(C/C=C/c2ccc(F)cc2)CC1)N1CCOCC1. The first-order valence-corrected chi connectivity index (χ1v) is 8.73. The molecule has 0 aromatic heterocycles. The summed E-state index contributed by atoms with van der Waals surface area (Å²) in [5.41, 5.74) is 1.01. The third-order valence-corrected chi connectivity index (χ3v) is 4.80. The average Bonchev–Trinajstić information content (AvgIpc) is 2.64. The smallest absolute Gasteiger partial charge is 0.225 e. The molecule has 3 rings (SSSR count). The van der Waals surface area contributed by atoms with Crippen LogP contribution in [0, 0.1) is 11.7 Å². The first-order chi connectivity index (χ1) is 11.7. The number of amides is 1. The number of halogens is 1. The quantitative estimate of drug-likeness (QED) is 0.849. The Bertz CT molecular complexity index is 559. The standard InChI is InChI=1S/C19H25FN2O2/c20-18-5-3-16(4-6-18)2-1-9-21-10-7-17(8-11-21)19(23)22-12-14-24-15-13-22/h1-6,17H,7-15H2/b2-1+. The minimum absolute atomic E-state index is 0.167. The largest absolute Gasteiger partial charge is 0.378 e. The Morgan fingerprint density at radius 2 is 1.79 bits per heavy atom. The lowest BCUT2D eigenvalue weighted by atomic mass is 9.95. The Morgan fingerprint density at radius 3 is 2.46 bits per heavy atom. The summed E-state index contributed by atoms with van der Waals surface area (Å²) in [6.45, 7) is 5.58. The molecule has 4 nitrogen and oxygen atoms in total. The number of ether oxygens (including phenoxy) is 1. The maximum Gasteiger partial charge on any atom is 0.225 e. The van der Waals surface area contributed by atoms with Crippen LogP contribution in [0.25, 0.3) is 6.08 Å². The highest BCUT2D eigenvalue weighted by atomic mass is 19.1. The van der Waals surface area contributed by atoms with Crippen molar-refractivity contribution >= 4 is 12.0 Å². The molecule has 5 heteroatoms. The molecular weight excluding hydrogens is 307 g/mol. The van der Waals surface area contributed by atoms with E-state index in [0.717, 1.165) is 51.1 Å². The number of morpholine rings is 1. The molecule has 24 heavy (non-hydrogen) atoms. The van der Waals surface area contributed by atoms with Gasteiger partial charge in [0.25, 0.3) is 0 Å². The van der Waals surface area contributed by atoms with E-state index >= 15 is 0 Å². The van der Waals surface area contributed by atoms with Crippen LogP contribution in [0.1, 0.15) is 18.4 Å². The lowest BCUT2D eigenvalue weighted by Gasteiger charge is -2.35. The molecule has 2 saturated heterocycles. The Kier molecular flexibility index (Phi) is 5.99. The number of rotatable bonds is 4. The van der Waals surface area contributed by atoms with Gasteiger partial charge in [-0.15, -0.1) is 0 Å². The summed E-state index contributed by atoms with van der Waals surface area (Å²) in [5.74, 6) is 0.263. The Balaban J connectivity index is 1.41. The summed E-state index contributed by atoms with van der Waals surface area (Å²) >= 11 is 0. The maximum atomic E-state index is 12.9. The molecular formula is C19H25FN2O2. The van der Waals surface area contributed by atoms with Gasteiger partial charge in [-0.3, -0.25) is 9.69 Å². The second-order valence-electron chi connectivity index (χ2n) is 6.47. The molecule has 0 bridgehead atoms. The van der Waals surface area contributed by atoms with Crippen LogP contribution in [0.5, 0.6) is 0 Å². The number of piperidine rings is 1. The molecule has 130 valence electrons. The van der Waals surface area contributed by atoms with E-state index in [1.165, 1.54) is 12.1 Å². The summed E-state index contributed by atoms with van der Waals surface area (Å²) in [5, 5.41) is 0. The summed E-state index contributed by atoms with van der Waals surface area (Å²) in [4.78, 5) is 16.8. The average molecular weight is 332 g/mol. The summed E-state index contributed by atoms with van der Waals surface area (Å²) in [6, 6.07) is 6.50. The van der Waals surface area contributed by atoms with E-state index < -0.39 is 0 Å². The predicted octanol–water partition coefficient (Wildman–Crippen LogP) is 2.41. The highest BCUT2D eigenvalue weighted by molar-refractivity contribution is 5.79. The van der Waals surface area contributed by atoms with Gasteiger partial charge in [0.05, 0.1) is 13.2 Å². The molecule has 0 atom stereocenters. The van der Waals surface area contributed by atoms with Crippen molar-refractivity contribution in [1.82, 2.24) is 9.80 Å². The third kappa shape index (κ3) is 4.65. The topological polar surface area (TPSA) is 32.8 Å². The fourth-order valence-corrected chi connectivity index (χ4v) is 3.32. The van der Waals surface area contributed by atoms with Crippen LogP contribution in [0.3, 0.4) is 0 Å². The van der Waals surface area contributed by atoms with Crippen LogP contribution in [-0.2, 0) is 9.53 Å². The lowest BCUT2D eigenvalue weighted by molar-refractivity contribution is -0.141. The molecule has 2 aliphatic heterocycles. The second kappa shape index (κ2) is 8.40. The van der Waals surface area contributed by atoms with Gasteiger partial charge in [0.15, 0.2) is 0 Å². The van der Waals surface area contributed by atoms with E-state index in [4.69, 9.17) is 4.74 Å². The van der Waals surface area contributed by atoms with Crippen LogP contribution in [0.4, 0.5) is 4.39 Å². The van der Waals surface area contributed by atoms with Crippen LogP contribution in [0.15, 0.2) is 30.3 Å². The van der Waals surface area contributed by atoms with E-state index in [2.05, 4.69) is 11.0 Å². The molecule has 1 aromatic carbocycles. The van der Waals surface area contributed by atoms with Gasteiger partial charge in [-0.2, -0.15) is 0 Å². The van der Waals surface area contributed by atoms with Crippen molar-refractivity contribution < 1.29 is 13.9 Å². The fourth-order valence-electron chi connectivity index (χ4n) is 3.32. The maximum absolute atomic E-state index is 12.9. The second-order valence-corrected chi connectivity index (χ2v) is 6.47. The van der Waals surface area contributed by atoms with Crippen molar-refractivity contribution in [2.45, 2.75) is 12.8 Å². The van der Waals surface area contributed by atoms with Gasteiger partial charge >= 0.3 is 0 Å². The Morgan fingerprint density at radius 1 is 1.12 bits per heavy atom. The third-order valence-electron chi connectivity index (χ3n) is 4.80. The zero-order valence-corrected chi connectivity index (χ0v) is 14.0. The predicted molar refractivity (Wildman–Crippen MR) is 92.0 cm³/mol. The Hall–Kier alpha value is -1.72. The van der Waals surface area contributed by atoms with Crippen LogP contribution in [0.2, 0.25) is 0 Å². The molecule has 2 heterocycles. The first-order valence-electron chi connectivity index (χ1n) is 8.73. The molecule has 0 unspecified atom stereocenters. The zero-order chi connectivity index (χ0) is 16.8. The van der Waals surface area contributed by atoms with E-state index in [0.29, 0.717) is 19.1 Å². The molecule has 0 aliphatic carbocycles. The van der Waals surface area contributed by atoms with Gasteiger partial charge < -0.3 is 9.64 Å². The molecule has 2 aliphatic rings. The molecule has 0 spiro atoms. The van der Waals surface area contributed by atoms with E-state index in [1.54, 1.807) is 12.1 Å². The first kappa shape index (κ1) is 17.1. The Labute approximate surface area is 142 Å². The molecule has 1 aromatic rings. The van der Waals surface area contributed by atoms with Crippen molar-refractivity contribution in [1.29, 1.82) is 0 Å². The van der Waals surface area contributed by atoms with E-state index in [9.17, 15) is 9.18 Å². The highest BCUT2D eigenvalue weighted by Crippen LogP contribution is 2.20. The van der Waals surface area contributed by atoms with Gasteiger partial charge in [-0.1, -0.05) is 24.3 Å². The number of likely N-dealkylation sites (tertiary alicyclic amines) is 1. The van der Waals surface area contributed by atoms with Crippen molar-refractivity contribution in [3.05, 3.63) is 41.7 Å². The van der Waals surface area contributed by atoms with Crippen LogP contribution in [-0.4, -0.2) is 61.6 Å². The van der Waals surface area contributed by atoms with Crippen molar-refractivity contribution in [3.8, 4) is 0 Å². The zero-order valence-electron chi connectivity index (χ0n) is 14.0. The molecule has 0 saturated carbocycles. The van der Waals surface area contributed by atoms with Crippen LogP contribution >= 0.6 is 0 Å². The number of benzene rings is 1. The minimum Gasteiger partial charge on any atom is -0.378 e. The number of hydrogen-bond acceptors (Lipinski definition) is 3. The molecule has 1 amide bonds. The van der Waals surface area contributed by atoms with Gasteiger partial charge in [0, 0.05) is 25.6 Å². The monoisotopic (exact) mass is 332 g/mol. The summed E-state index contributed by atoms with van der Waals surface area (Å²) in [7, 11) is 0. The fraction of sp³-hybridized carbons (Fsp3) is 0.526. The van der Waals surface area contributed by atoms with Crippen molar-refractivity contribution in [2.24, 2.45) is 5.92 Å². The minimum atomic E-state index is -0.209. The molecule has 2 fully saturated rings. The highest BCUT2D eigenvalue weighted by Gasteiger charge is 2.28. The van der Waals surface area contributed by atoms with Crippen molar-refractivity contribution in [3.63, 3.8) is 0 Å². The van der Waals surface area contributed by atoms with Gasteiger partial charge in [-0.25, -0.2) is 4.39 Å². The number of carbonyl (C=O) groups excluding carboxylic acids is 1. The van der Waals surface area contributed by atoms with Crippen LogP contribution < -0.4 is 0 Å².